The highest BCUT2D eigenvalue weighted by Crippen LogP contribution is 2.27. The van der Waals surface area contributed by atoms with Gasteiger partial charge in [-0.2, -0.15) is 0 Å². The maximum absolute atomic E-state index is 11.9. The summed E-state index contributed by atoms with van der Waals surface area (Å²) in [4.78, 5) is 11.9. The number of anilines is 1. The van der Waals surface area contributed by atoms with Gasteiger partial charge in [-0.1, -0.05) is 23.2 Å². The fraction of sp³-hybridized carbons (Fsp3) is 0. The normalized spacial score (nSPS) is 10.2. The van der Waals surface area contributed by atoms with E-state index in [-0.39, 0.29) is 27.1 Å². The molecule has 0 aromatic heterocycles. The van der Waals surface area contributed by atoms with E-state index in [0.29, 0.717) is 5.69 Å². The van der Waals surface area contributed by atoms with Crippen LogP contribution in [0.25, 0.3) is 0 Å². The Morgan fingerprint density at radius 1 is 0.947 bits per heavy atom. The Hall–Kier alpha value is -1.91. The highest BCUT2D eigenvalue weighted by Gasteiger charge is 2.09. The molecule has 4 nitrogen and oxygen atoms in total. The molecule has 0 radical (unpaired) electrons. The summed E-state index contributed by atoms with van der Waals surface area (Å²) in [6.07, 6.45) is 0. The Bertz CT molecular complexity index is 644. The Balaban J connectivity index is 2.20. The Labute approximate surface area is 119 Å². The zero-order valence-electron chi connectivity index (χ0n) is 9.52. The molecular weight excluding hydrogens is 289 g/mol. The number of benzene rings is 2. The van der Waals surface area contributed by atoms with E-state index in [4.69, 9.17) is 23.2 Å². The van der Waals surface area contributed by atoms with Crippen LogP contribution in [0.1, 0.15) is 10.4 Å². The van der Waals surface area contributed by atoms with Gasteiger partial charge in [0.05, 0.1) is 10.0 Å². The fourth-order valence-electron chi connectivity index (χ4n) is 1.44. The van der Waals surface area contributed by atoms with Gasteiger partial charge in [0.1, 0.15) is 11.5 Å². The lowest BCUT2D eigenvalue weighted by Gasteiger charge is -2.07. The summed E-state index contributed by atoms with van der Waals surface area (Å²) in [6, 6.07) is 8.48. The number of hydrogen-bond acceptors (Lipinski definition) is 3. The van der Waals surface area contributed by atoms with Crippen molar-refractivity contribution in [2.75, 3.05) is 5.32 Å². The molecule has 0 atom stereocenters. The van der Waals surface area contributed by atoms with E-state index in [1.54, 1.807) is 6.07 Å². The van der Waals surface area contributed by atoms with Gasteiger partial charge in [0, 0.05) is 17.3 Å². The van der Waals surface area contributed by atoms with Crippen LogP contribution in [0.2, 0.25) is 10.0 Å². The fourth-order valence-corrected chi connectivity index (χ4v) is 1.74. The van der Waals surface area contributed by atoms with Crippen LogP contribution in [0.4, 0.5) is 5.69 Å². The molecule has 2 aromatic rings. The smallest absolute Gasteiger partial charge is 0.255 e. The molecule has 1 amide bonds. The summed E-state index contributed by atoms with van der Waals surface area (Å²) < 4.78 is 0. The molecule has 0 fully saturated rings. The second-order valence-electron chi connectivity index (χ2n) is 3.79. The highest BCUT2D eigenvalue weighted by molar-refractivity contribution is 6.32. The van der Waals surface area contributed by atoms with E-state index in [1.807, 2.05) is 0 Å². The maximum Gasteiger partial charge on any atom is 0.255 e. The molecule has 0 aliphatic carbocycles. The van der Waals surface area contributed by atoms with Crippen molar-refractivity contribution in [1.82, 2.24) is 0 Å². The average molecular weight is 298 g/mol. The predicted molar refractivity (Wildman–Crippen MR) is 74.2 cm³/mol. The zero-order chi connectivity index (χ0) is 14.0. The second-order valence-corrected chi connectivity index (χ2v) is 4.60. The molecule has 98 valence electrons. The van der Waals surface area contributed by atoms with Gasteiger partial charge in [-0.3, -0.25) is 4.79 Å². The lowest BCUT2D eigenvalue weighted by atomic mass is 10.2. The first kappa shape index (κ1) is 13.5. The summed E-state index contributed by atoms with van der Waals surface area (Å²) in [7, 11) is 0. The molecule has 0 unspecified atom stereocenters. The molecule has 3 N–H and O–H groups in total. The summed E-state index contributed by atoms with van der Waals surface area (Å²) >= 11 is 11.4. The van der Waals surface area contributed by atoms with Gasteiger partial charge in [-0.05, 0) is 30.3 Å². The van der Waals surface area contributed by atoms with Crippen molar-refractivity contribution in [3.8, 4) is 11.5 Å². The Morgan fingerprint density at radius 3 is 2.32 bits per heavy atom. The van der Waals surface area contributed by atoms with Gasteiger partial charge in [0.15, 0.2) is 0 Å². The van der Waals surface area contributed by atoms with Gasteiger partial charge >= 0.3 is 0 Å². The molecule has 2 rings (SSSR count). The number of aromatic hydroxyl groups is 2. The molecule has 6 heteroatoms. The van der Waals surface area contributed by atoms with E-state index in [0.717, 1.165) is 0 Å². The minimum absolute atomic E-state index is 0.0894. The van der Waals surface area contributed by atoms with Gasteiger partial charge < -0.3 is 15.5 Å². The van der Waals surface area contributed by atoms with E-state index in [2.05, 4.69) is 5.32 Å². The third kappa shape index (κ3) is 3.10. The monoisotopic (exact) mass is 297 g/mol. The standard InChI is InChI=1S/C13H9Cl2NO3/c14-9-3-2-8(6-12(9)18)16-13(19)7-1-4-11(17)10(15)5-7/h1-6,17-18H,(H,16,19). The van der Waals surface area contributed by atoms with Crippen molar-refractivity contribution in [3.63, 3.8) is 0 Å². The first-order valence-electron chi connectivity index (χ1n) is 5.26. The number of carbonyl (C=O) groups excluding carboxylic acids is 1. The topological polar surface area (TPSA) is 69.6 Å². The second kappa shape index (κ2) is 5.38. The van der Waals surface area contributed by atoms with Crippen LogP contribution in [0.3, 0.4) is 0 Å². The van der Waals surface area contributed by atoms with Crippen LogP contribution in [-0.4, -0.2) is 16.1 Å². The molecule has 0 bridgehead atoms. The first-order chi connectivity index (χ1) is 8.97. The first-order valence-corrected chi connectivity index (χ1v) is 6.01. The van der Waals surface area contributed by atoms with Crippen LogP contribution < -0.4 is 5.32 Å². The molecule has 0 spiro atoms. The number of hydrogen-bond donors (Lipinski definition) is 3. The van der Waals surface area contributed by atoms with E-state index < -0.39 is 5.91 Å². The average Bonchev–Trinajstić information content (AvgIpc) is 2.37. The van der Waals surface area contributed by atoms with Crippen molar-refractivity contribution in [3.05, 3.63) is 52.0 Å². The number of phenols is 2. The Kier molecular flexibility index (Phi) is 3.83. The van der Waals surface area contributed by atoms with Crippen LogP contribution >= 0.6 is 23.2 Å². The maximum atomic E-state index is 11.9. The van der Waals surface area contributed by atoms with Crippen molar-refractivity contribution >= 4 is 34.8 Å². The van der Waals surface area contributed by atoms with E-state index in [1.165, 1.54) is 30.3 Å². The third-order valence-corrected chi connectivity index (χ3v) is 3.04. The van der Waals surface area contributed by atoms with E-state index in [9.17, 15) is 15.0 Å². The quantitative estimate of drug-likeness (QED) is 0.792. The van der Waals surface area contributed by atoms with E-state index >= 15 is 0 Å². The van der Waals surface area contributed by atoms with Gasteiger partial charge in [-0.15, -0.1) is 0 Å². The number of nitrogens with one attached hydrogen (secondary N) is 1. The molecule has 19 heavy (non-hydrogen) atoms. The Morgan fingerprint density at radius 2 is 1.68 bits per heavy atom. The van der Waals surface area contributed by atoms with Gasteiger partial charge in [0.25, 0.3) is 5.91 Å². The minimum Gasteiger partial charge on any atom is -0.506 e. The summed E-state index contributed by atoms with van der Waals surface area (Å²) in [5.41, 5.74) is 0.688. The van der Waals surface area contributed by atoms with Gasteiger partial charge in [-0.25, -0.2) is 0 Å². The third-order valence-electron chi connectivity index (χ3n) is 2.41. The zero-order valence-corrected chi connectivity index (χ0v) is 11.0. The van der Waals surface area contributed by atoms with Crippen LogP contribution in [0.5, 0.6) is 11.5 Å². The number of carbonyl (C=O) groups is 1. The van der Waals surface area contributed by atoms with Crippen molar-refractivity contribution < 1.29 is 15.0 Å². The van der Waals surface area contributed by atoms with Gasteiger partial charge in [0.2, 0.25) is 0 Å². The summed E-state index contributed by atoms with van der Waals surface area (Å²) in [6.45, 7) is 0. The minimum atomic E-state index is -0.413. The van der Waals surface area contributed by atoms with Crippen LogP contribution in [0.15, 0.2) is 36.4 Å². The molecule has 2 aromatic carbocycles. The molecule has 0 saturated carbocycles. The molecule has 0 saturated heterocycles. The summed E-state index contributed by atoms with van der Waals surface area (Å²) in [5, 5.41) is 21.6. The molecular formula is C13H9Cl2NO3. The number of amides is 1. The SMILES string of the molecule is O=C(Nc1ccc(Cl)c(O)c1)c1ccc(O)c(Cl)c1. The molecule has 0 heterocycles. The number of rotatable bonds is 2. The number of phenolic OH excluding ortho intramolecular Hbond substituents is 2. The number of halogens is 2. The predicted octanol–water partition coefficient (Wildman–Crippen LogP) is 3.66. The van der Waals surface area contributed by atoms with Crippen LogP contribution in [-0.2, 0) is 0 Å². The molecule has 0 aliphatic heterocycles. The largest absolute Gasteiger partial charge is 0.506 e. The highest BCUT2D eigenvalue weighted by atomic mass is 35.5. The molecule has 0 aliphatic rings. The van der Waals surface area contributed by atoms with Crippen LogP contribution in [0, 0.1) is 0 Å². The van der Waals surface area contributed by atoms with Crippen molar-refractivity contribution in [2.45, 2.75) is 0 Å². The van der Waals surface area contributed by atoms with Crippen molar-refractivity contribution in [2.24, 2.45) is 0 Å². The summed E-state index contributed by atoms with van der Waals surface area (Å²) in [5.74, 6) is -0.630. The van der Waals surface area contributed by atoms with Crippen molar-refractivity contribution in [1.29, 1.82) is 0 Å². The lowest BCUT2D eigenvalue weighted by Crippen LogP contribution is -2.11. The lowest BCUT2D eigenvalue weighted by molar-refractivity contribution is 0.102.